The number of benzene rings is 3. The minimum absolute atomic E-state index is 0.0351. The first kappa shape index (κ1) is 25.3. The Kier molecular flexibility index (Phi) is 7.02. The van der Waals surface area contributed by atoms with Gasteiger partial charge in [-0.2, -0.15) is 0 Å². The fourth-order valence-corrected chi connectivity index (χ4v) is 4.60. The number of phenols is 1. The summed E-state index contributed by atoms with van der Waals surface area (Å²) in [5, 5.41) is 11.0. The summed E-state index contributed by atoms with van der Waals surface area (Å²) in [6, 6.07) is 15.7. The highest BCUT2D eigenvalue weighted by atomic mass is 19.1. The molecule has 1 N–H and O–H groups in total. The van der Waals surface area contributed by atoms with E-state index in [1.54, 1.807) is 43.3 Å². The Hall–Kier alpha value is -4.37. The second kappa shape index (κ2) is 10.5. The van der Waals surface area contributed by atoms with Gasteiger partial charge in [-0.15, -0.1) is 0 Å². The molecule has 3 aromatic carbocycles. The van der Waals surface area contributed by atoms with E-state index in [1.807, 2.05) is 0 Å². The van der Waals surface area contributed by atoms with Crippen LogP contribution in [0, 0.1) is 12.7 Å². The van der Waals surface area contributed by atoms with Gasteiger partial charge in [-0.3, -0.25) is 9.69 Å². The lowest BCUT2D eigenvalue weighted by atomic mass is 10.1. The molecule has 2 heterocycles. The van der Waals surface area contributed by atoms with Crippen molar-refractivity contribution in [2.24, 2.45) is 0 Å². The Morgan fingerprint density at radius 2 is 1.68 bits per heavy atom. The van der Waals surface area contributed by atoms with E-state index in [-0.39, 0.29) is 28.5 Å². The molecule has 5 rings (SSSR count). The lowest BCUT2D eigenvalue weighted by molar-refractivity contribution is 0.0600. The molecule has 1 saturated heterocycles. The van der Waals surface area contributed by atoms with Crippen molar-refractivity contribution < 1.29 is 28.2 Å². The number of methoxy groups -OCH3 is 1. The van der Waals surface area contributed by atoms with Gasteiger partial charge in [-0.25, -0.2) is 9.18 Å². The van der Waals surface area contributed by atoms with Crippen LogP contribution in [0.1, 0.15) is 21.7 Å². The largest absolute Gasteiger partial charge is 0.507 e. The van der Waals surface area contributed by atoms with Crippen molar-refractivity contribution in [3.63, 3.8) is 0 Å². The number of hydrogen-bond acceptors (Lipinski definition) is 8. The molecule has 0 aliphatic carbocycles. The average Bonchev–Trinajstić information content (AvgIpc) is 2.93. The molecule has 0 bridgehead atoms. The zero-order chi connectivity index (χ0) is 26.8. The van der Waals surface area contributed by atoms with Crippen LogP contribution in [0.25, 0.3) is 11.0 Å². The van der Waals surface area contributed by atoms with Crippen molar-refractivity contribution in [2.75, 3.05) is 38.2 Å². The third-order valence-electron chi connectivity index (χ3n) is 6.70. The predicted molar refractivity (Wildman–Crippen MR) is 141 cm³/mol. The molecular formula is C29H27FN2O6. The number of nitrogens with zero attached hydrogens (tertiary/aromatic N) is 2. The Morgan fingerprint density at radius 1 is 1.00 bits per heavy atom. The van der Waals surface area contributed by atoms with Gasteiger partial charge in [0.15, 0.2) is 0 Å². The topological polar surface area (TPSA) is 92.5 Å². The number of fused-ring (bicyclic) bond motifs is 1. The number of rotatable bonds is 6. The van der Waals surface area contributed by atoms with Crippen LogP contribution in [-0.4, -0.2) is 49.3 Å². The standard InChI is InChI=1S/C29H27FN2O6/c1-18-27(38-22-9-3-19(4-10-22)29(35)36-2)26(34)23-11-12-25(33)24(28(23)37-18)17-31-13-15-32(16-14-31)21-7-5-20(30)6-8-21/h3-12,33H,13-17H2,1-2H3. The zero-order valence-electron chi connectivity index (χ0n) is 21.1. The van der Waals surface area contributed by atoms with Gasteiger partial charge in [0, 0.05) is 38.4 Å². The molecule has 0 radical (unpaired) electrons. The number of carbonyl (C=O) groups is 1. The quantitative estimate of drug-likeness (QED) is 0.363. The summed E-state index contributed by atoms with van der Waals surface area (Å²) in [5.74, 6) is -0.0123. The van der Waals surface area contributed by atoms with E-state index in [4.69, 9.17) is 13.9 Å². The van der Waals surface area contributed by atoms with Crippen LogP contribution in [0.15, 0.2) is 69.9 Å². The van der Waals surface area contributed by atoms with Crippen molar-refractivity contribution in [3.8, 4) is 17.2 Å². The molecular weight excluding hydrogens is 491 g/mol. The molecule has 0 spiro atoms. The van der Waals surface area contributed by atoms with Gasteiger partial charge in [-0.1, -0.05) is 0 Å². The Balaban J connectivity index is 1.36. The van der Waals surface area contributed by atoms with Gasteiger partial charge in [-0.05, 0) is 67.6 Å². The zero-order valence-corrected chi connectivity index (χ0v) is 21.1. The first-order chi connectivity index (χ1) is 18.3. The van der Waals surface area contributed by atoms with Crippen molar-refractivity contribution in [1.82, 2.24) is 4.90 Å². The molecule has 196 valence electrons. The fourth-order valence-electron chi connectivity index (χ4n) is 4.60. The second-order valence-electron chi connectivity index (χ2n) is 9.11. The number of phenolic OH excluding ortho intramolecular Hbond substituents is 1. The number of piperazine rings is 1. The maximum absolute atomic E-state index is 13.4. The van der Waals surface area contributed by atoms with Gasteiger partial charge >= 0.3 is 5.97 Å². The fraction of sp³-hybridized carbons (Fsp3) is 0.241. The van der Waals surface area contributed by atoms with E-state index in [0.29, 0.717) is 34.4 Å². The summed E-state index contributed by atoms with van der Waals surface area (Å²) in [7, 11) is 1.30. The minimum Gasteiger partial charge on any atom is -0.507 e. The van der Waals surface area contributed by atoms with Gasteiger partial charge in [0.05, 0.1) is 23.6 Å². The summed E-state index contributed by atoms with van der Waals surface area (Å²) in [6.45, 7) is 4.96. The Morgan fingerprint density at radius 3 is 2.34 bits per heavy atom. The average molecular weight is 519 g/mol. The molecule has 4 aromatic rings. The van der Waals surface area contributed by atoms with Crippen LogP contribution in [0.2, 0.25) is 0 Å². The second-order valence-corrected chi connectivity index (χ2v) is 9.11. The SMILES string of the molecule is COC(=O)c1ccc(Oc2c(C)oc3c(CN4CCN(c5ccc(F)cc5)CC4)c(O)ccc3c2=O)cc1. The summed E-state index contributed by atoms with van der Waals surface area (Å²) >= 11 is 0. The third-order valence-corrected chi connectivity index (χ3v) is 6.70. The summed E-state index contributed by atoms with van der Waals surface area (Å²) in [5.41, 5.74) is 1.82. The van der Waals surface area contributed by atoms with Crippen LogP contribution in [0.5, 0.6) is 17.2 Å². The van der Waals surface area contributed by atoms with Gasteiger partial charge in [0.25, 0.3) is 0 Å². The van der Waals surface area contributed by atoms with Crippen LogP contribution >= 0.6 is 0 Å². The molecule has 0 amide bonds. The first-order valence-corrected chi connectivity index (χ1v) is 12.2. The van der Waals surface area contributed by atoms with Crippen LogP contribution < -0.4 is 15.1 Å². The van der Waals surface area contributed by atoms with Gasteiger partial charge in [0.1, 0.15) is 28.7 Å². The number of esters is 1. The van der Waals surface area contributed by atoms with E-state index in [0.717, 1.165) is 31.9 Å². The molecule has 0 atom stereocenters. The Bertz CT molecular complexity index is 1520. The molecule has 0 unspecified atom stereocenters. The number of anilines is 1. The summed E-state index contributed by atoms with van der Waals surface area (Å²) in [6.07, 6.45) is 0. The van der Waals surface area contributed by atoms with E-state index in [9.17, 15) is 19.1 Å². The maximum atomic E-state index is 13.4. The van der Waals surface area contributed by atoms with Gasteiger partial charge < -0.3 is 23.9 Å². The van der Waals surface area contributed by atoms with Crippen LogP contribution in [0.3, 0.4) is 0 Å². The minimum atomic E-state index is -0.470. The maximum Gasteiger partial charge on any atom is 0.337 e. The number of carbonyl (C=O) groups excluding carboxylic acids is 1. The molecule has 1 aliphatic rings. The van der Waals surface area contributed by atoms with Crippen molar-refractivity contribution in [3.05, 3.63) is 93.6 Å². The normalized spacial score (nSPS) is 14.0. The van der Waals surface area contributed by atoms with E-state index in [2.05, 4.69) is 9.80 Å². The number of aryl methyl sites for hydroxylation is 1. The van der Waals surface area contributed by atoms with E-state index >= 15 is 0 Å². The first-order valence-electron chi connectivity index (χ1n) is 12.2. The predicted octanol–water partition coefficient (Wildman–Crippen LogP) is 4.85. The number of hydrogen-bond donors (Lipinski definition) is 1. The molecule has 0 saturated carbocycles. The third kappa shape index (κ3) is 5.05. The highest BCUT2D eigenvalue weighted by molar-refractivity contribution is 5.89. The molecule has 8 nitrogen and oxygen atoms in total. The lowest BCUT2D eigenvalue weighted by Gasteiger charge is -2.36. The summed E-state index contributed by atoms with van der Waals surface area (Å²) in [4.78, 5) is 29.4. The molecule has 9 heteroatoms. The molecule has 1 aliphatic heterocycles. The highest BCUT2D eigenvalue weighted by Crippen LogP contribution is 2.32. The van der Waals surface area contributed by atoms with Gasteiger partial charge in [0.2, 0.25) is 11.2 Å². The van der Waals surface area contributed by atoms with Crippen molar-refractivity contribution in [2.45, 2.75) is 13.5 Å². The van der Waals surface area contributed by atoms with E-state index < -0.39 is 5.97 Å². The van der Waals surface area contributed by atoms with Crippen molar-refractivity contribution in [1.29, 1.82) is 0 Å². The number of halogens is 1. The molecule has 1 aromatic heterocycles. The molecule has 1 fully saturated rings. The number of aromatic hydroxyl groups is 1. The Labute approximate surface area is 218 Å². The monoisotopic (exact) mass is 518 g/mol. The smallest absolute Gasteiger partial charge is 0.337 e. The summed E-state index contributed by atoms with van der Waals surface area (Å²) < 4.78 is 29.9. The van der Waals surface area contributed by atoms with Crippen LogP contribution in [0.4, 0.5) is 10.1 Å². The van der Waals surface area contributed by atoms with Crippen molar-refractivity contribution >= 4 is 22.6 Å². The molecule has 38 heavy (non-hydrogen) atoms. The van der Waals surface area contributed by atoms with Crippen LogP contribution in [-0.2, 0) is 11.3 Å². The van der Waals surface area contributed by atoms with E-state index in [1.165, 1.54) is 31.4 Å². The highest BCUT2D eigenvalue weighted by Gasteiger charge is 2.23. The lowest BCUT2D eigenvalue weighted by Crippen LogP contribution is -2.46. The number of ether oxygens (including phenoxy) is 2.